The SMILES string of the molecule is CCNC(=NCC1(c2ccc(F)cc2)CCC1)N1CCN(C(=O)C2CCCO2)CC1. The van der Waals surface area contributed by atoms with E-state index in [1.54, 1.807) is 12.1 Å². The smallest absolute Gasteiger partial charge is 0.251 e. The van der Waals surface area contributed by atoms with Gasteiger partial charge in [0.05, 0.1) is 6.54 Å². The van der Waals surface area contributed by atoms with Gasteiger partial charge in [-0.25, -0.2) is 4.39 Å². The Hall–Kier alpha value is -2.15. The first-order valence-electron chi connectivity index (χ1n) is 11.3. The number of ether oxygens (including phenoxy) is 1. The van der Waals surface area contributed by atoms with Gasteiger partial charge in [-0.2, -0.15) is 0 Å². The van der Waals surface area contributed by atoms with Gasteiger partial charge in [0.1, 0.15) is 11.9 Å². The van der Waals surface area contributed by atoms with Crippen LogP contribution in [0.4, 0.5) is 4.39 Å². The van der Waals surface area contributed by atoms with Crippen LogP contribution in [0.1, 0.15) is 44.6 Å². The highest BCUT2D eigenvalue weighted by molar-refractivity contribution is 5.83. The summed E-state index contributed by atoms with van der Waals surface area (Å²) in [7, 11) is 0. The zero-order valence-corrected chi connectivity index (χ0v) is 17.9. The highest BCUT2D eigenvalue weighted by atomic mass is 19.1. The van der Waals surface area contributed by atoms with Crippen LogP contribution in [-0.4, -0.2) is 73.6 Å². The summed E-state index contributed by atoms with van der Waals surface area (Å²) < 4.78 is 18.9. The molecule has 0 bridgehead atoms. The van der Waals surface area contributed by atoms with E-state index in [-0.39, 0.29) is 23.2 Å². The normalized spacial score (nSPS) is 23.9. The van der Waals surface area contributed by atoms with Crippen LogP contribution in [-0.2, 0) is 14.9 Å². The van der Waals surface area contributed by atoms with E-state index < -0.39 is 0 Å². The molecular weight excluding hydrogens is 383 g/mol. The third-order valence-electron chi connectivity index (χ3n) is 6.73. The molecule has 7 heteroatoms. The largest absolute Gasteiger partial charge is 0.368 e. The molecule has 2 heterocycles. The number of hydrogen-bond donors (Lipinski definition) is 1. The number of aliphatic imine (C=N–C) groups is 1. The minimum absolute atomic E-state index is 0.0198. The van der Waals surface area contributed by atoms with Crippen molar-refractivity contribution in [3.8, 4) is 0 Å². The molecule has 1 aliphatic carbocycles. The Labute approximate surface area is 178 Å². The molecule has 1 amide bonds. The van der Waals surface area contributed by atoms with Crippen LogP contribution in [0.5, 0.6) is 0 Å². The van der Waals surface area contributed by atoms with Gasteiger partial charge in [-0.3, -0.25) is 9.79 Å². The molecule has 0 aromatic heterocycles. The summed E-state index contributed by atoms with van der Waals surface area (Å²) in [5.74, 6) is 0.856. The van der Waals surface area contributed by atoms with Crippen LogP contribution in [0.25, 0.3) is 0 Å². The zero-order chi connectivity index (χ0) is 21.0. The Morgan fingerprint density at radius 1 is 1.17 bits per heavy atom. The predicted octanol–water partition coefficient (Wildman–Crippen LogP) is 2.54. The van der Waals surface area contributed by atoms with Gasteiger partial charge >= 0.3 is 0 Å². The summed E-state index contributed by atoms with van der Waals surface area (Å²) in [5.41, 5.74) is 1.20. The zero-order valence-electron chi connectivity index (χ0n) is 17.9. The summed E-state index contributed by atoms with van der Waals surface area (Å²) in [6, 6.07) is 6.92. The first-order valence-corrected chi connectivity index (χ1v) is 11.3. The highest BCUT2D eigenvalue weighted by Gasteiger charge is 2.39. The molecule has 1 N–H and O–H groups in total. The Morgan fingerprint density at radius 2 is 1.87 bits per heavy atom. The van der Waals surface area contributed by atoms with Crippen molar-refractivity contribution >= 4 is 11.9 Å². The van der Waals surface area contributed by atoms with Gasteiger partial charge in [-0.05, 0) is 50.3 Å². The number of carbonyl (C=O) groups excluding carboxylic acids is 1. The fraction of sp³-hybridized carbons (Fsp3) is 0.652. The van der Waals surface area contributed by atoms with Crippen molar-refractivity contribution in [3.05, 3.63) is 35.6 Å². The number of rotatable bonds is 5. The molecular formula is C23H33FN4O2. The average Bonchev–Trinajstić information content (AvgIpc) is 3.28. The second-order valence-corrected chi connectivity index (χ2v) is 8.62. The fourth-order valence-electron chi connectivity index (χ4n) is 4.71. The molecule has 0 radical (unpaired) electrons. The monoisotopic (exact) mass is 416 g/mol. The third kappa shape index (κ3) is 4.46. The van der Waals surface area contributed by atoms with Gasteiger partial charge in [0.15, 0.2) is 5.96 Å². The lowest BCUT2D eigenvalue weighted by atomic mass is 9.64. The van der Waals surface area contributed by atoms with Crippen LogP contribution in [0.3, 0.4) is 0 Å². The van der Waals surface area contributed by atoms with Gasteiger partial charge < -0.3 is 19.9 Å². The molecule has 164 valence electrons. The maximum absolute atomic E-state index is 13.4. The summed E-state index contributed by atoms with van der Waals surface area (Å²) in [5, 5.41) is 3.42. The summed E-state index contributed by atoms with van der Waals surface area (Å²) in [6.07, 6.45) is 4.94. The summed E-state index contributed by atoms with van der Waals surface area (Å²) in [4.78, 5) is 21.8. The van der Waals surface area contributed by atoms with Gasteiger partial charge in [0.25, 0.3) is 5.91 Å². The second-order valence-electron chi connectivity index (χ2n) is 8.62. The Kier molecular flexibility index (Phi) is 6.56. The fourth-order valence-corrected chi connectivity index (χ4v) is 4.71. The molecule has 1 saturated carbocycles. The van der Waals surface area contributed by atoms with Crippen LogP contribution >= 0.6 is 0 Å². The Morgan fingerprint density at radius 3 is 2.43 bits per heavy atom. The number of benzene rings is 1. The maximum Gasteiger partial charge on any atom is 0.251 e. The van der Waals surface area contributed by atoms with Crippen LogP contribution in [0.2, 0.25) is 0 Å². The van der Waals surface area contributed by atoms with Crippen molar-refractivity contribution in [2.75, 3.05) is 45.9 Å². The molecule has 1 aromatic carbocycles. The van der Waals surface area contributed by atoms with Crippen molar-refractivity contribution in [1.82, 2.24) is 15.1 Å². The first-order chi connectivity index (χ1) is 14.6. The van der Waals surface area contributed by atoms with Crippen molar-refractivity contribution in [1.29, 1.82) is 0 Å². The van der Waals surface area contributed by atoms with Crippen molar-refractivity contribution in [2.24, 2.45) is 4.99 Å². The molecule has 2 aliphatic heterocycles. The number of nitrogens with zero attached hydrogens (tertiary/aromatic N) is 3. The Balaban J connectivity index is 1.39. The third-order valence-corrected chi connectivity index (χ3v) is 6.73. The lowest BCUT2D eigenvalue weighted by Gasteiger charge is -2.42. The van der Waals surface area contributed by atoms with Crippen molar-refractivity contribution < 1.29 is 13.9 Å². The van der Waals surface area contributed by atoms with E-state index in [2.05, 4.69) is 17.1 Å². The number of hydrogen-bond acceptors (Lipinski definition) is 3. The number of halogens is 1. The molecule has 30 heavy (non-hydrogen) atoms. The molecule has 3 aliphatic rings. The van der Waals surface area contributed by atoms with Crippen LogP contribution in [0, 0.1) is 5.82 Å². The van der Waals surface area contributed by atoms with E-state index in [1.807, 2.05) is 17.0 Å². The number of amides is 1. The minimum atomic E-state index is -0.243. The number of carbonyl (C=O) groups is 1. The number of piperazine rings is 1. The van der Waals surface area contributed by atoms with Gasteiger partial charge in [-0.15, -0.1) is 0 Å². The highest BCUT2D eigenvalue weighted by Crippen LogP contribution is 2.44. The molecule has 1 atom stereocenters. The Bertz CT molecular complexity index is 749. The van der Waals surface area contributed by atoms with Gasteiger partial charge in [0.2, 0.25) is 0 Å². The average molecular weight is 417 g/mol. The maximum atomic E-state index is 13.4. The first kappa shape index (κ1) is 21.1. The lowest BCUT2D eigenvalue weighted by molar-refractivity contribution is -0.142. The molecule has 3 fully saturated rings. The molecule has 0 spiro atoms. The molecule has 1 unspecified atom stereocenters. The van der Waals surface area contributed by atoms with E-state index in [9.17, 15) is 9.18 Å². The van der Waals surface area contributed by atoms with E-state index in [4.69, 9.17) is 9.73 Å². The molecule has 4 rings (SSSR count). The van der Waals surface area contributed by atoms with E-state index in [1.165, 1.54) is 12.0 Å². The van der Waals surface area contributed by atoms with E-state index in [0.29, 0.717) is 26.2 Å². The van der Waals surface area contributed by atoms with E-state index >= 15 is 0 Å². The van der Waals surface area contributed by atoms with E-state index in [0.717, 1.165) is 51.3 Å². The second kappa shape index (κ2) is 9.33. The van der Waals surface area contributed by atoms with Gasteiger partial charge in [0, 0.05) is 44.7 Å². The standard InChI is InChI=1S/C23H33FN4O2/c1-2-25-22(26-17-23(10-4-11-23)18-6-8-19(24)9-7-18)28-14-12-27(13-15-28)21(29)20-5-3-16-30-20/h6-9,20H,2-5,10-17H2,1H3,(H,25,26). The summed E-state index contributed by atoms with van der Waals surface area (Å²) >= 11 is 0. The lowest BCUT2D eigenvalue weighted by Crippen LogP contribution is -2.55. The minimum Gasteiger partial charge on any atom is -0.368 e. The number of guanidine groups is 1. The van der Waals surface area contributed by atoms with Gasteiger partial charge in [-0.1, -0.05) is 18.6 Å². The molecule has 6 nitrogen and oxygen atoms in total. The van der Waals surface area contributed by atoms with Crippen molar-refractivity contribution in [3.63, 3.8) is 0 Å². The topological polar surface area (TPSA) is 57.2 Å². The number of nitrogens with one attached hydrogen (secondary N) is 1. The molecule has 2 saturated heterocycles. The quantitative estimate of drug-likeness (QED) is 0.592. The van der Waals surface area contributed by atoms with Crippen molar-refractivity contribution in [2.45, 2.75) is 50.5 Å². The summed E-state index contributed by atoms with van der Waals surface area (Å²) in [6.45, 7) is 7.22. The van der Waals surface area contributed by atoms with Crippen LogP contribution in [0.15, 0.2) is 29.3 Å². The van der Waals surface area contributed by atoms with Crippen LogP contribution < -0.4 is 5.32 Å². The predicted molar refractivity (Wildman–Crippen MR) is 115 cm³/mol. The molecule has 1 aromatic rings.